The summed E-state index contributed by atoms with van der Waals surface area (Å²) >= 11 is 0. The predicted molar refractivity (Wildman–Crippen MR) is 57.1 cm³/mol. The summed E-state index contributed by atoms with van der Waals surface area (Å²) in [6.45, 7) is 2.70. The van der Waals surface area contributed by atoms with Crippen LogP contribution in [-0.2, 0) is 13.0 Å². The first-order chi connectivity index (χ1) is 6.76. The van der Waals surface area contributed by atoms with Gasteiger partial charge in [-0.05, 0) is 17.5 Å². The molecule has 14 heavy (non-hydrogen) atoms. The van der Waals surface area contributed by atoms with E-state index < -0.39 is 0 Å². The molecule has 0 saturated heterocycles. The van der Waals surface area contributed by atoms with Crippen molar-refractivity contribution in [3.8, 4) is 0 Å². The van der Waals surface area contributed by atoms with Crippen LogP contribution < -0.4 is 10.6 Å². The lowest BCUT2D eigenvalue weighted by molar-refractivity contribution is 0.242. The Labute approximate surface area is 84.5 Å². The Morgan fingerprint density at radius 2 is 1.79 bits per heavy atom. The maximum absolute atomic E-state index is 10.9. The molecule has 0 aromatic heterocycles. The van der Waals surface area contributed by atoms with Gasteiger partial charge in [0.15, 0.2) is 0 Å². The van der Waals surface area contributed by atoms with E-state index in [4.69, 9.17) is 0 Å². The molecule has 76 valence electrons. The summed E-state index contributed by atoms with van der Waals surface area (Å²) in [6, 6.07) is 8.09. The fraction of sp³-hybridized carbons (Fsp3) is 0.364. The third-order valence-corrected chi connectivity index (χ3v) is 2.11. The van der Waals surface area contributed by atoms with Crippen molar-refractivity contribution < 1.29 is 4.79 Å². The number of carbonyl (C=O) groups excluding carboxylic acids is 1. The minimum absolute atomic E-state index is 0.149. The highest BCUT2D eigenvalue weighted by Gasteiger charge is 1.96. The molecule has 0 heterocycles. The van der Waals surface area contributed by atoms with Crippen LogP contribution in [0.3, 0.4) is 0 Å². The van der Waals surface area contributed by atoms with Gasteiger partial charge in [0.25, 0.3) is 0 Å². The second kappa shape index (κ2) is 5.27. The number of amides is 2. The van der Waals surface area contributed by atoms with Gasteiger partial charge in [-0.15, -0.1) is 0 Å². The summed E-state index contributed by atoms with van der Waals surface area (Å²) < 4.78 is 0. The molecule has 3 heteroatoms. The van der Waals surface area contributed by atoms with Gasteiger partial charge < -0.3 is 10.6 Å². The fourth-order valence-corrected chi connectivity index (χ4v) is 1.16. The molecule has 1 aromatic rings. The topological polar surface area (TPSA) is 41.1 Å². The van der Waals surface area contributed by atoms with Crippen LogP contribution in [0.2, 0.25) is 0 Å². The Morgan fingerprint density at radius 1 is 1.21 bits per heavy atom. The van der Waals surface area contributed by atoms with Gasteiger partial charge in [0.05, 0.1) is 0 Å². The monoisotopic (exact) mass is 192 g/mol. The number of carbonyl (C=O) groups is 1. The number of rotatable bonds is 3. The first kappa shape index (κ1) is 10.6. The molecule has 0 spiro atoms. The van der Waals surface area contributed by atoms with Gasteiger partial charge in [-0.1, -0.05) is 31.2 Å². The molecule has 0 radical (unpaired) electrons. The minimum atomic E-state index is -0.149. The molecule has 0 fully saturated rings. The first-order valence-electron chi connectivity index (χ1n) is 4.79. The quantitative estimate of drug-likeness (QED) is 0.751. The van der Waals surface area contributed by atoms with Crippen molar-refractivity contribution in [1.29, 1.82) is 0 Å². The molecule has 1 rings (SSSR count). The van der Waals surface area contributed by atoms with Crippen LogP contribution in [0.25, 0.3) is 0 Å². The molecule has 2 amide bonds. The number of nitrogens with one attached hydrogen (secondary N) is 2. The molecule has 0 atom stereocenters. The van der Waals surface area contributed by atoms with Crippen molar-refractivity contribution in [1.82, 2.24) is 10.6 Å². The van der Waals surface area contributed by atoms with Crippen LogP contribution in [-0.4, -0.2) is 13.1 Å². The molecule has 0 aliphatic heterocycles. The average Bonchev–Trinajstić information content (AvgIpc) is 2.26. The van der Waals surface area contributed by atoms with E-state index in [1.807, 2.05) is 12.1 Å². The zero-order valence-electron chi connectivity index (χ0n) is 8.63. The van der Waals surface area contributed by atoms with Crippen molar-refractivity contribution in [2.75, 3.05) is 7.05 Å². The molecule has 0 unspecified atom stereocenters. The molecular formula is C11H16N2O. The van der Waals surface area contributed by atoms with Gasteiger partial charge >= 0.3 is 6.03 Å². The van der Waals surface area contributed by atoms with E-state index in [0.717, 1.165) is 12.0 Å². The van der Waals surface area contributed by atoms with Gasteiger partial charge in [0.1, 0.15) is 0 Å². The maximum Gasteiger partial charge on any atom is 0.314 e. The first-order valence-corrected chi connectivity index (χ1v) is 4.79. The number of hydrogen-bond acceptors (Lipinski definition) is 1. The van der Waals surface area contributed by atoms with Crippen molar-refractivity contribution >= 4 is 6.03 Å². The summed E-state index contributed by atoms with van der Waals surface area (Å²) in [6.07, 6.45) is 1.04. The lowest BCUT2D eigenvalue weighted by atomic mass is 10.1. The summed E-state index contributed by atoms with van der Waals surface area (Å²) in [5, 5.41) is 5.24. The number of urea groups is 1. The minimum Gasteiger partial charge on any atom is -0.341 e. The molecule has 0 bridgehead atoms. The number of hydrogen-bond donors (Lipinski definition) is 2. The van der Waals surface area contributed by atoms with Gasteiger partial charge in [0, 0.05) is 13.6 Å². The molecule has 0 saturated carbocycles. The molecule has 2 N–H and O–H groups in total. The third-order valence-electron chi connectivity index (χ3n) is 2.11. The maximum atomic E-state index is 10.9. The highest BCUT2D eigenvalue weighted by molar-refractivity contribution is 5.73. The Hall–Kier alpha value is -1.51. The second-order valence-electron chi connectivity index (χ2n) is 3.10. The molecule has 0 aliphatic carbocycles. The van der Waals surface area contributed by atoms with E-state index in [1.165, 1.54) is 5.56 Å². The van der Waals surface area contributed by atoms with Gasteiger partial charge in [-0.25, -0.2) is 4.79 Å². The van der Waals surface area contributed by atoms with Crippen LogP contribution in [0.15, 0.2) is 24.3 Å². The van der Waals surface area contributed by atoms with Crippen LogP contribution in [0.1, 0.15) is 18.1 Å². The van der Waals surface area contributed by atoms with Crippen molar-refractivity contribution in [2.24, 2.45) is 0 Å². The summed E-state index contributed by atoms with van der Waals surface area (Å²) in [5.74, 6) is 0. The van der Waals surface area contributed by atoms with E-state index in [-0.39, 0.29) is 6.03 Å². The van der Waals surface area contributed by atoms with Gasteiger partial charge in [-0.2, -0.15) is 0 Å². The largest absolute Gasteiger partial charge is 0.341 e. The SMILES string of the molecule is CCc1ccc(CNC(=O)NC)cc1. The van der Waals surface area contributed by atoms with Crippen molar-refractivity contribution in [2.45, 2.75) is 19.9 Å². The van der Waals surface area contributed by atoms with Crippen LogP contribution in [0.4, 0.5) is 4.79 Å². The van der Waals surface area contributed by atoms with E-state index in [0.29, 0.717) is 6.54 Å². The Balaban J connectivity index is 2.47. The summed E-state index contributed by atoms with van der Waals surface area (Å²) in [4.78, 5) is 10.9. The molecule has 3 nitrogen and oxygen atoms in total. The summed E-state index contributed by atoms with van der Waals surface area (Å²) in [7, 11) is 1.61. The van der Waals surface area contributed by atoms with Gasteiger partial charge in [-0.3, -0.25) is 0 Å². The number of aryl methyl sites for hydroxylation is 1. The number of benzene rings is 1. The van der Waals surface area contributed by atoms with Gasteiger partial charge in [0.2, 0.25) is 0 Å². The third kappa shape index (κ3) is 3.09. The van der Waals surface area contributed by atoms with Crippen LogP contribution in [0, 0.1) is 0 Å². The van der Waals surface area contributed by atoms with E-state index in [2.05, 4.69) is 29.7 Å². The zero-order chi connectivity index (χ0) is 10.4. The Bertz CT molecular complexity index is 293. The van der Waals surface area contributed by atoms with E-state index in [9.17, 15) is 4.79 Å². The van der Waals surface area contributed by atoms with E-state index >= 15 is 0 Å². The average molecular weight is 192 g/mol. The van der Waals surface area contributed by atoms with Crippen LogP contribution in [0.5, 0.6) is 0 Å². The second-order valence-corrected chi connectivity index (χ2v) is 3.10. The van der Waals surface area contributed by atoms with Crippen molar-refractivity contribution in [3.63, 3.8) is 0 Å². The summed E-state index contributed by atoms with van der Waals surface area (Å²) in [5.41, 5.74) is 2.43. The molecule has 0 aliphatic rings. The molecular weight excluding hydrogens is 176 g/mol. The highest BCUT2D eigenvalue weighted by atomic mass is 16.2. The molecule has 1 aromatic carbocycles. The fourth-order valence-electron chi connectivity index (χ4n) is 1.16. The van der Waals surface area contributed by atoms with E-state index in [1.54, 1.807) is 7.05 Å². The standard InChI is InChI=1S/C11H16N2O/c1-3-9-4-6-10(7-5-9)8-13-11(14)12-2/h4-7H,3,8H2,1-2H3,(H2,12,13,14). The zero-order valence-corrected chi connectivity index (χ0v) is 8.63. The normalized spacial score (nSPS) is 9.57. The lowest BCUT2D eigenvalue weighted by Crippen LogP contribution is -2.32. The Kier molecular flexibility index (Phi) is 3.98. The smallest absolute Gasteiger partial charge is 0.314 e. The predicted octanol–water partition coefficient (Wildman–Crippen LogP) is 1.68. The van der Waals surface area contributed by atoms with Crippen LogP contribution >= 0.6 is 0 Å². The highest BCUT2D eigenvalue weighted by Crippen LogP contribution is 2.04. The Morgan fingerprint density at radius 3 is 2.29 bits per heavy atom. The van der Waals surface area contributed by atoms with Crippen molar-refractivity contribution in [3.05, 3.63) is 35.4 Å². The lowest BCUT2D eigenvalue weighted by Gasteiger charge is -2.04.